The predicted octanol–water partition coefficient (Wildman–Crippen LogP) is 2.87. The van der Waals surface area contributed by atoms with Crippen molar-refractivity contribution in [3.8, 4) is 0 Å². The molecule has 0 aliphatic heterocycles. The van der Waals surface area contributed by atoms with Gasteiger partial charge in [0.05, 0.1) is 11.0 Å². The van der Waals surface area contributed by atoms with Gasteiger partial charge in [-0.3, -0.25) is 10.1 Å². The fraction of sp³-hybridized carbons (Fsp3) is 0.583. The third kappa shape index (κ3) is 2.50. The lowest BCUT2D eigenvalue weighted by Crippen LogP contribution is -2.57. The minimum Gasteiger partial charge on any atom is -0.381 e. The zero-order valence-corrected chi connectivity index (χ0v) is 11.8. The first kappa shape index (κ1) is 14.0. The number of anilines is 1. The van der Waals surface area contributed by atoms with Crippen LogP contribution in [0.1, 0.15) is 20.3 Å². The van der Waals surface area contributed by atoms with Gasteiger partial charge in [0.25, 0.3) is 0 Å². The van der Waals surface area contributed by atoms with E-state index in [1.54, 1.807) is 7.11 Å². The summed E-state index contributed by atoms with van der Waals surface area (Å²) in [7, 11) is 1.67. The van der Waals surface area contributed by atoms with Crippen molar-refractivity contribution in [1.29, 1.82) is 0 Å². The molecule has 0 amide bonds. The third-order valence-corrected chi connectivity index (χ3v) is 4.02. The van der Waals surface area contributed by atoms with E-state index in [0.29, 0.717) is 0 Å². The molecule has 1 aromatic rings. The smallest absolute Gasteiger partial charge is 0.311 e. The number of hydrogen-bond acceptors (Lipinski definition) is 5. The van der Waals surface area contributed by atoms with Crippen molar-refractivity contribution in [2.75, 3.05) is 12.4 Å². The third-order valence-electron chi connectivity index (χ3n) is 3.81. The quantitative estimate of drug-likeness (QED) is 0.523. The number of nitro groups is 1. The van der Waals surface area contributed by atoms with Crippen LogP contribution >= 0.6 is 11.6 Å². The van der Waals surface area contributed by atoms with Gasteiger partial charge in [0.1, 0.15) is 5.15 Å². The standard InChI is InChI=1S/C12H16ClN3O3/c1-12(2)8(6-9(12)19-3)14-11-7(16(17)18)4-5-10(13)15-11/h4-5,8-9H,6H2,1-3H3,(H,14,15). The van der Waals surface area contributed by atoms with E-state index in [1.165, 1.54) is 12.1 Å². The molecule has 1 heterocycles. The molecule has 0 spiro atoms. The molecule has 2 atom stereocenters. The molecule has 19 heavy (non-hydrogen) atoms. The number of nitrogens with zero attached hydrogens (tertiary/aromatic N) is 2. The number of halogens is 1. The summed E-state index contributed by atoms with van der Waals surface area (Å²) in [6.45, 7) is 4.11. The molecule has 0 saturated heterocycles. The van der Waals surface area contributed by atoms with Gasteiger partial charge in [0, 0.05) is 24.6 Å². The summed E-state index contributed by atoms with van der Waals surface area (Å²) < 4.78 is 5.35. The molecule has 1 aromatic heterocycles. The summed E-state index contributed by atoms with van der Waals surface area (Å²) in [4.78, 5) is 14.5. The van der Waals surface area contributed by atoms with Crippen LogP contribution in [0.5, 0.6) is 0 Å². The van der Waals surface area contributed by atoms with Crippen LogP contribution in [0, 0.1) is 15.5 Å². The minimum absolute atomic E-state index is 0.0685. The molecular formula is C12H16ClN3O3. The molecule has 1 saturated carbocycles. The second kappa shape index (κ2) is 4.94. The highest BCUT2D eigenvalue weighted by Gasteiger charge is 2.49. The Morgan fingerprint density at radius 3 is 2.79 bits per heavy atom. The maximum absolute atomic E-state index is 11.0. The minimum atomic E-state index is -0.467. The fourth-order valence-electron chi connectivity index (χ4n) is 2.38. The Morgan fingerprint density at radius 2 is 2.26 bits per heavy atom. The molecule has 7 heteroatoms. The lowest BCUT2D eigenvalue weighted by Gasteiger charge is -2.51. The van der Waals surface area contributed by atoms with E-state index in [-0.39, 0.29) is 34.2 Å². The number of ether oxygens (including phenoxy) is 1. The Balaban J connectivity index is 2.21. The highest BCUT2D eigenvalue weighted by Crippen LogP contribution is 2.44. The Morgan fingerprint density at radius 1 is 1.58 bits per heavy atom. The predicted molar refractivity (Wildman–Crippen MR) is 72.5 cm³/mol. The molecular weight excluding hydrogens is 270 g/mol. The number of aromatic nitrogens is 1. The summed E-state index contributed by atoms with van der Waals surface area (Å²) in [5, 5.41) is 14.3. The van der Waals surface area contributed by atoms with Gasteiger partial charge in [-0.25, -0.2) is 4.98 Å². The van der Waals surface area contributed by atoms with E-state index in [0.717, 1.165) is 6.42 Å². The average Bonchev–Trinajstić information content (AvgIpc) is 2.33. The molecule has 0 aromatic carbocycles. The first-order valence-corrected chi connectivity index (χ1v) is 6.34. The van der Waals surface area contributed by atoms with Crippen molar-refractivity contribution in [3.63, 3.8) is 0 Å². The van der Waals surface area contributed by atoms with Crippen molar-refractivity contribution < 1.29 is 9.66 Å². The van der Waals surface area contributed by atoms with Crippen LogP contribution in [0.4, 0.5) is 11.5 Å². The Labute approximate surface area is 116 Å². The summed E-state index contributed by atoms with van der Waals surface area (Å²) in [5.41, 5.74) is -0.173. The van der Waals surface area contributed by atoms with Crippen molar-refractivity contribution in [1.82, 2.24) is 4.98 Å². The monoisotopic (exact) mass is 285 g/mol. The zero-order valence-electron chi connectivity index (χ0n) is 11.0. The summed E-state index contributed by atoms with van der Waals surface area (Å²) >= 11 is 5.79. The van der Waals surface area contributed by atoms with E-state index >= 15 is 0 Å². The van der Waals surface area contributed by atoms with E-state index in [1.807, 2.05) is 0 Å². The first-order valence-electron chi connectivity index (χ1n) is 5.96. The van der Waals surface area contributed by atoms with Gasteiger partial charge in [0.2, 0.25) is 5.82 Å². The number of hydrogen-bond donors (Lipinski definition) is 1. The number of methoxy groups -OCH3 is 1. The van der Waals surface area contributed by atoms with Gasteiger partial charge >= 0.3 is 5.69 Å². The summed E-state index contributed by atoms with van der Waals surface area (Å²) in [6, 6.07) is 2.84. The second-order valence-electron chi connectivity index (χ2n) is 5.24. The molecule has 104 valence electrons. The number of pyridine rings is 1. The maximum Gasteiger partial charge on any atom is 0.311 e. The first-order chi connectivity index (χ1) is 8.86. The molecule has 2 unspecified atom stereocenters. The molecule has 6 nitrogen and oxygen atoms in total. The summed E-state index contributed by atoms with van der Waals surface area (Å²) in [5.74, 6) is 0.213. The van der Waals surface area contributed by atoms with Crippen molar-refractivity contribution in [3.05, 3.63) is 27.4 Å². The molecule has 0 radical (unpaired) electrons. The Hall–Kier alpha value is -1.40. The zero-order chi connectivity index (χ0) is 14.2. The SMILES string of the molecule is COC1CC(Nc2nc(Cl)ccc2[N+](=O)[O-])C1(C)C. The summed E-state index contributed by atoms with van der Waals surface area (Å²) in [6.07, 6.45) is 0.928. The highest BCUT2D eigenvalue weighted by molar-refractivity contribution is 6.29. The normalized spacial score (nSPS) is 24.6. The van der Waals surface area contributed by atoms with E-state index in [9.17, 15) is 10.1 Å². The molecule has 1 aliphatic carbocycles. The Bertz CT molecular complexity index is 507. The van der Waals surface area contributed by atoms with E-state index in [2.05, 4.69) is 24.1 Å². The van der Waals surface area contributed by atoms with E-state index < -0.39 is 4.92 Å². The lowest BCUT2D eigenvalue weighted by molar-refractivity contribution is -0.384. The van der Waals surface area contributed by atoms with Crippen molar-refractivity contribution in [2.45, 2.75) is 32.4 Å². The van der Waals surface area contributed by atoms with E-state index in [4.69, 9.17) is 16.3 Å². The van der Waals surface area contributed by atoms with Crippen LogP contribution < -0.4 is 5.32 Å². The van der Waals surface area contributed by atoms with Gasteiger partial charge in [0.15, 0.2) is 0 Å². The van der Waals surface area contributed by atoms with Crippen molar-refractivity contribution in [2.24, 2.45) is 5.41 Å². The fourth-order valence-corrected chi connectivity index (χ4v) is 2.52. The van der Waals surface area contributed by atoms with Crippen LogP contribution in [0.2, 0.25) is 5.15 Å². The van der Waals surface area contributed by atoms with Crippen LogP contribution in [0.25, 0.3) is 0 Å². The molecule has 1 fully saturated rings. The van der Waals surface area contributed by atoms with Gasteiger partial charge in [-0.05, 0) is 12.5 Å². The van der Waals surface area contributed by atoms with Gasteiger partial charge in [-0.15, -0.1) is 0 Å². The molecule has 1 aliphatic rings. The van der Waals surface area contributed by atoms with Gasteiger partial charge in [-0.2, -0.15) is 0 Å². The number of nitrogens with one attached hydrogen (secondary N) is 1. The second-order valence-corrected chi connectivity index (χ2v) is 5.62. The average molecular weight is 286 g/mol. The Kier molecular flexibility index (Phi) is 3.64. The van der Waals surface area contributed by atoms with Crippen molar-refractivity contribution >= 4 is 23.1 Å². The molecule has 1 N–H and O–H groups in total. The van der Waals surface area contributed by atoms with Crippen LogP contribution in [0.15, 0.2) is 12.1 Å². The lowest BCUT2D eigenvalue weighted by atomic mass is 9.64. The molecule has 2 rings (SSSR count). The van der Waals surface area contributed by atoms with Gasteiger partial charge in [-0.1, -0.05) is 25.4 Å². The number of rotatable bonds is 4. The van der Waals surface area contributed by atoms with Crippen LogP contribution in [-0.4, -0.2) is 29.2 Å². The van der Waals surface area contributed by atoms with Gasteiger partial charge < -0.3 is 10.1 Å². The van der Waals surface area contributed by atoms with Crippen LogP contribution in [0.3, 0.4) is 0 Å². The highest BCUT2D eigenvalue weighted by atomic mass is 35.5. The van der Waals surface area contributed by atoms with Crippen LogP contribution in [-0.2, 0) is 4.74 Å². The topological polar surface area (TPSA) is 77.3 Å². The maximum atomic E-state index is 11.0. The molecule has 0 bridgehead atoms. The largest absolute Gasteiger partial charge is 0.381 e.